The quantitative estimate of drug-likeness (QED) is 0.820. The zero-order valence-electron chi connectivity index (χ0n) is 10.3. The molecule has 4 heteroatoms. The molecule has 0 aliphatic rings. The van der Waals surface area contributed by atoms with Gasteiger partial charge in [0.25, 0.3) is 5.91 Å². The Morgan fingerprint density at radius 1 is 1.41 bits per heavy atom. The highest BCUT2D eigenvalue weighted by atomic mass is 79.9. The van der Waals surface area contributed by atoms with Crippen LogP contribution in [0.3, 0.4) is 0 Å². The SMILES string of the molecule is COCCCCNC(=O)c1ccc(C)cc1Br. The molecule has 3 nitrogen and oxygen atoms in total. The van der Waals surface area contributed by atoms with E-state index in [1.54, 1.807) is 7.11 Å². The van der Waals surface area contributed by atoms with Crippen molar-refractivity contribution < 1.29 is 9.53 Å². The number of nitrogens with one attached hydrogen (secondary N) is 1. The van der Waals surface area contributed by atoms with Crippen LogP contribution in [0.5, 0.6) is 0 Å². The predicted molar refractivity (Wildman–Crippen MR) is 72.3 cm³/mol. The highest BCUT2D eigenvalue weighted by Crippen LogP contribution is 2.18. The molecule has 1 N–H and O–H groups in total. The van der Waals surface area contributed by atoms with Gasteiger partial charge in [0.15, 0.2) is 0 Å². The fourth-order valence-electron chi connectivity index (χ4n) is 1.47. The maximum absolute atomic E-state index is 11.8. The molecule has 17 heavy (non-hydrogen) atoms. The van der Waals surface area contributed by atoms with Crippen LogP contribution in [0.2, 0.25) is 0 Å². The van der Waals surface area contributed by atoms with Crippen LogP contribution in [-0.2, 0) is 4.74 Å². The maximum atomic E-state index is 11.8. The van der Waals surface area contributed by atoms with Crippen molar-refractivity contribution in [1.82, 2.24) is 5.32 Å². The van der Waals surface area contributed by atoms with Crippen LogP contribution >= 0.6 is 15.9 Å². The Morgan fingerprint density at radius 3 is 2.82 bits per heavy atom. The van der Waals surface area contributed by atoms with Gasteiger partial charge in [0.2, 0.25) is 0 Å². The zero-order valence-corrected chi connectivity index (χ0v) is 11.8. The van der Waals surface area contributed by atoms with Crippen LogP contribution in [-0.4, -0.2) is 26.2 Å². The lowest BCUT2D eigenvalue weighted by Gasteiger charge is -2.07. The third kappa shape index (κ3) is 4.88. The summed E-state index contributed by atoms with van der Waals surface area (Å²) in [4.78, 5) is 11.8. The van der Waals surface area contributed by atoms with Crippen LogP contribution in [0.15, 0.2) is 22.7 Å². The van der Waals surface area contributed by atoms with Gasteiger partial charge >= 0.3 is 0 Å². The monoisotopic (exact) mass is 299 g/mol. The molecule has 1 aromatic carbocycles. The van der Waals surface area contributed by atoms with E-state index in [2.05, 4.69) is 21.2 Å². The molecule has 0 spiro atoms. The Hall–Kier alpha value is -0.870. The van der Waals surface area contributed by atoms with Crippen molar-refractivity contribution in [3.05, 3.63) is 33.8 Å². The van der Waals surface area contributed by atoms with Gasteiger partial charge in [0.05, 0.1) is 5.56 Å². The number of amides is 1. The molecule has 0 radical (unpaired) electrons. The Bertz CT molecular complexity index is 380. The second kappa shape index (κ2) is 7.45. The van der Waals surface area contributed by atoms with Gasteiger partial charge in [0.1, 0.15) is 0 Å². The summed E-state index contributed by atoms with van der Waals surface area (Å²) < 4.78 is 5.79. The fraction of sp³-hybridized carbons (Fsp3) is 0.462. The average molecular weight is 300 g/mol. The van der Waals surface area contributed by atoms with Crippen molar-refractivity contribution in [3.8, 4) is 0 Å². The molecule has 0 heterocycles. The summed E-state index contributed by atoms with van der Waals surface area (Å²) in [6.45, 7) is 3.42. The number of carbonyl (C=O) groups excluding carboxylic acids is 1. The van der Waals surface area contributed by atoms with E-state index in [-0.39, 0.29) is 5.91 Å². The highest BCUT2D eigenvalue weighted by Gasteiger charge is 2.08. The van der Waals surface area contributed by atoms with Crippen LogP contribution in [0.1, 0.15) is 28.8 Å². The Labute approximate surface area is 111 Å². The first kappa shape index (κ1) is 14.2. The summed E-state index contributed by atoms with van der Waals surface area (Å²) in [5.74, 6) is -0.0331. The number of hydrogen-bond acceptors (Lipinski definition) is 2. The first-order valence-corrected chi connectivity index (χ1v) is 6.47. The Kier molecular flexibility index (Phi) is 6.22. The van der Waals surface area contributed by atoms with Gasteiger partial charge in [-0.25, -0.2) is 0 Å². The van der Waals surface area contributed by atoms with E-state index < -0.39 is 0 Å². The molecule has 0 unspecified atom stereocenters. The van der Waals surface area contributed by atoms with Crippen molar-refractivity contribution in [2.75, 3.05) is 20.3 Å². The zero-order chi connectivity index (χ0) is 12.7. The molecule has 1 rings (SSSR count). The molecule has 1 amide bonds. The molecular weight excluding hydrogens is 282 g/mol. The topological polar surface area (TPSA) is 38.3 Å². The molecule has 0 aliphatic heterocycles. The number of halogens is 1. The highest BCUT2D eigenvalue weighted by molar-refractivity contribution is 9.10. The number of aryl methyl sites for hydroxylation is 1. The largest absolute Gasteiger partial charge is 0.385 e. The maximum Gasteiger partial charge on any atom is 0.252 e. The molecule has 0 fully saturated rings. The third-order valence-corrected chi connectivity index (χ3v) is 3.09. The number of carbonyl (C=O) groups is 1. The second-order valence-corrected chi connectivity index (χ2v) is 4.79. The summed E-state index contributed by atoms with van der Waals surface area (Å²) in [5, 5.41) is 2.89. The minimum absolute atomic E-state index is 0.0331. The molecule has 94 valence electrons. The summed E-state index contributed by atoms with van der Waals surface area (Å²) in [5.41, 5.74) is 1.82. The minimum atomic E-state index is -0.0331. The first-order chi connectivity index (χ1) is 8.15. The van der Waals surface area contributed by atoms with Crippen LogP contribution in [0.4, 0.5) is 0 Å². The summed E-state index contributed by atoms with van der Waals surface area (Å²) in [6.07, 6.45) is 1.90. The van der Waals surface area contributed by atoms with E-state index >= 15 is 0 Å². The molecule has 1 aromatic rings. The molecular formula is C13H18BrNO2. The number of benzene rings is 1. The summed E-state index contributed by atoms with van der Waals surface area (Å²) in [7, 11) is 1.68. The molecule has 0 atom stereocenters. The standard InChI is InChI=1S/C13H18BrNO2/c1-10-5-6-11(12(14)9-10)13(16)15-7-3-4-8-17-2/h5-6,9H,3-4,7-8H2,1-2H3,(H,15,16). The second-order valence-electron chi connectivity index (χ2n) is 3.94. The summed E-state index contributed by atoms with van der Waals surface area (Å²) >= 11 is 3.40. The van der Waals surface area contributed by atoms with E-state index in [1.807, 2.05) is 25.1 Å². The predicted octanol–water partition coefficient (Wildman–Crippen LogP) is 2.91. The van der Waals surface area contributed by atoms with Crippen molar-refractivity contribution in [3.63, 3.8) is 0 Å². The van der Waals surface area contributed by atoms with Gasteiger partial charge in [-0.05, 0) is 53.4 Å². The van der Waals surface area contributed by atoms with Gasteiger partial charge in [-0.15, -0.1) is 0 Å². The Balaban J connectivity index is 2.42. The number of unbranched alkanes of at least 4 members (excludes halogenated alkanes) is 1. The number of ether oxygens (including phenoxy) is 1. The van der Waals surface area contributed by atoms with Crippen LogP contribution in [0, 0.1) is 6.92 Å². The van der Waals surface area contributed by atoms with Crippen LogP contribution < -0.4 is 5.32 Å². The van der Waals surface area contributed by atoms with Crippen molar-refractivity contribution in [2.24, 2.45) is 0 Å². The normalized spacial score (nSPS) is 10.3. The van der Waals surface area contributed by atoms with E-state index in [0.29, 0.717) is 12.1 Å². The van der Waals surface area contributed by atoms with Gasteiger partial charge < -0.3 is 10.1 Å². The van der Waals surface area contributed by atoms with E-state index in [4.69, 9.17) is 4.74 Å². The smallest absolute Gasteiger partial charge is 0.252 e. The summed E-state index contributed by atoms with van der Waals surface area (Å²) in [6, 6.07) is 5.72. The minimum Gasteiger partial charge on any atom is -0.385 e. The van der Waals surface area contributed by atoms with Gasteiger partial charge in [-0.1, -0.05) is 6.07 Å². The molecule has 0 saturated heterocycles. The fourth-order valence-corrected chi connectivity index (χ4v) is 2.15. The molecule has 0 aromatic heterocycles. The van der Waals surface area contributed by atoms with Gasteiger partial charge in [-0.2, -0.15) is 0 Å². The van der Waals surface area contributed by atoms with E-state index in [9.17, 15) is 4.79 Å². The van der Waals surface area contributed by atoms with E-state index in [1.165, 1.54) is 0 Å². The number of methoxy groups -OCH3 is 1. The lowest BCUT2D eigenvalue weighted by molar-refractivity contribution is 0.0950. The lowest BCUT2D eigenvalue weighted by Crippen LogP contribution is -2.25. The van der Waals surface area contributed by atoms with Crippen LogP contribution in [0.25, 0.3) is 0 Å². The van der Waals surface area contributed by atoms with Gasteiger partial charge in [-0.3, -0.25) is 4.79 Å². The van der Waals surface area contributed by atoms with Crippen molar-refractivity contribution in [2.45, 2.75) is 19.8 Å². The van der Waals surface area contributed by atoms with Crippen molar-refractivity contribution in [1.29, 1.82) is 0 Å². The van der Waals surface area contributed by atoms with E-state index in [0.717, 1.165) is 29.5 Å². The third-order valence-electron chi connectivity index (χ3n) is 2.43. The molecule has 0 saturated carbocycles. The first-order valence-electron chi connectivity index (χ1n) is 5.68. The van der Waals surface area contributed by atoms with Gasteiger partial charge in [0, 0.05) is 24.7 Å². The number of hydrogen-bond donors (Lipinski definition) is 1. The van der Waals surface area contributed by atoms with Crippen molar-refractivity contribution >= 4 is 21.8 Å². The lowest BCUT2D eigenvalue weighted by atomic mass is 10.1. The average Bonchev–Trinajstić information content (AvgIpc) is 2.28. The molecule has 0 bridgehead atoms. The molecule has 0 aliphatic carbocycles. The Morgan fingerprint density at radius 2 is 2.18 bits per heavy atom. The number of rotatable bonds is 6.